The molecule has 32 heavy (non-hydrogen) atoms. The van der Waals surface area contributed by atoms with Gasteiger partial charge in [0.2, 0.25) is 5.95 Å². The fourth-order valence-corrected chi connectivity index (χ4v) is 5.76. The molecule has 8 heteroatoms. The zero-order valence-corrected chi connectivity index (χ0v) is 19.9. The first-order chi connectivity index (χ1) is 15.5. The second-order valence-electron chi connectivity index (χ2n) is 8.96. The van der Waals surface area contributed by atoms with Crippen LogP contribution in [-0.4, -0.2) is 57.5 Å². The molecule has 0 amide bonds. The van der Waals surface area contributed by atoms with Crippen LogP contribution in [-0.2, 0) is 4.74 Å². The van der Waals surface area contributed by atoms with Crippen molar-refractivity contribution in [1.82, 2.24) is 24.6 Å². The van der Waals surface area contributed by atoms with E-state index in [0.717, 1.165) is 41.8 Å². The molecule has 0 spiro atoms. The Labute approximate surface area is 192 Å². The molecule has 0 saturated carbocycles. The minimum atomic E-state index is -0.402. The normalized spacial score (nSPS) is 24.4. The first-order valence-corrected chi connectivity index (χ1v) is 12.0. The number of fused-ring (bicyclic) bond motifs is 1. The van der Waals surface area contributed by atoms with Crippen LogP contribution in [0.25, 0.3) is 10.2 Å². The van der Waals surface area contributed by atoms with Crippen molar-refractivity contribution in [2.75, 3.05) is 32.6 Å². The number of nitrogens with zero attached hydrogens (tertiary/aromatic N) is 5. The third kappa shape index (κ3) is 3.87. The summed E-state index contributed by atoms with van der Waals surface area (Å²) < 4.78 is 9.08. The molecule has 1 saturated heterocycles. The molecular formula is C24H30N6OS. The van der Waals surface area contributed by atoms with Gasteiger partial charge in [-0.05, 0) is 46.8 Å². The number of piperidine rings is 1. The van der Waals surface area contributed by atoms with Gasteiger partial charge in [0.25, 0.3) is 0 Å². The summed E-state index contributed by atoms with van der Waals surface area (Å²) in [5.41, 5.74) is 2.71. The molecule has 2 aliphatic rings. The van der Waals surface area contributed by atoms with Crippen LogP contribution in [0.5, 0.6) is 0 Å². The molecular weight excluding hydrogens is 420 g/mol. The Hall–Kier alpha value is -2.55. The Morgan fingerprint density at radius 3 is 2.81 bits per heavy atom. The SMILES string of the molecule is COC1(C)C=CC=CC1c1c(C)sc2cnc(Nc3cnn(C4CCN(C)CC4)c3)nc12. The number of anilines is 2. The molecule has 1 fully saturated rings. The molecule has 0 bridgehead atoms. The van der Waals surface area contributed by atoms with E-state index in [1.54, 1.807) is 18.4 Å². The van der Waals surface area contributed by atoms with Crippen LogP contribution in [0.3, 0.4) is 0 Å². The number of thiophene rings is 1. The lowest BCUT2D eigenvalue weighted by molar-refractivity contribution is 0.0357. The van der Waals surface area contributed by atoms with Gasteiger partial charge in [0.1, 0.15) is 0 Å². The van der Waals surface area contributed by atoms with Crippen molar-refractivity contribution >= 4 is 33.2 Å². The first-order valence-electron chi connectivity index (χ1n) is 11.1. The molecule has 1 N–H and O–H groups in total. The third-order valence-electron chi connectivity index (χ3n) is 6.78. The number of hydrogen-bond acceptors (Lipinski definition) is 7. The Morgan fingerprint density at radius 2 is 2.03 bits per heavy atom. The van der Waals surface area contributed by atoms with Gasteiger partial charge >= 0.3 is 0 Å². The number of rotatable bonds is 5. The molecule has 2 unspecified atom stereocenters. The Balaban J connectivity index is 1.43. The molecule has 0 aromatic carbocycles. The summed E-state index contributed by atoms with van der Waals surface area (Å²) in [5, 5.41) is 7.96. The number of methoxy groups -OCH3 is 1. The highest BCUT2D eigenvalue weighted by molar-refractivity contribution is 7.19. The molecule has 1 aliphatic carbocycles. The first kappa shape index (κ1) is 21.3. The van der Waals surface area contributed by atoms with E-state index in [4.69, 9.17) is 9.72 Å². The summed E-state index contributed by atoms with van der Waals surface area (Å²) in [6.07, 6.45) is 16.6. The Kier molecular flexibility index (Phi) is 5.61. The fourth-order valence-electron chi connectivity index (χ4n) is 4.74. The van der Waals surface area contributed by atoms with Crippen LogP contribution in [0.2, 0.25) is 0 Å². The lowest BCUT2D eigenvalue weighted by Crippen LogP contribution is -2.33. The van der Waals surface area contributed by atoms with E-state index in [1.165, 1.54) is 10.4 Å². The summed E-state index contributed by atoms with van der Waals surface area (Å²) in [6, 6.07) is 0.453. The Morgan fingerprint density at radius 1 is 1.22 bits per heavy atom. The van der Waals surface area contributed by atoms with E-state index < -0.39 is 5.60 Å². The third-order valence-corrected chi connectivity index (χ3v) is 7.83. The summed E-state index contributed by atoms with van der Waals surface area (Å²) in [7, 11) is 3.94. The van der Waals surface area contributed by atoms with Gasteiger partial charge in [-0.1, -0.05) is 24.3 Å². The van der Waals surface area contributed by atoms with Gasteiger partial charge < -0.3 is 15.0 Å². The van der Waals surface area contributed by atoms with E-state index in [2.05, 4.69) is 70.3 Å². The van der Waals surface area contributed by atoms with Crippen molar-refractivity contribution in [2.24, 2.45) is 0 Å². The van der Waals surface area contributed by atoms with Crippen molar-refractivity contribution in [3.8, 4) is 0 Å². The molecule has 5 rings (SSSR count). The van der Waals surface area contributed by atoms with E-state index in [0.29, 0.717) is 12.0 Å². The second kappa shape index (κ2) is 8.42. The van der Waals surface area contributed by atoms with Gasteiger partial charge in [-0.25, -0.2) is 9.97 Å². The van der Waals surface area contributed by atoms with Crippen LogP contribution in [0, 0.1) is 6.92 Å². The number of likely N-dealkylation sites (tertiary alicyclic amines) is 1. The summed E-state index contributed by atoms with van der Waals surface area (Å²) in [6.45, 7) is 6.50. The maximum atomic E-state index is 5.91. The van der Waals surface area contributed by atoms with E-state index in [1.807, 2.05) is 18.5 Å². The number of ether oxygens (including phenoxy) is 1. The highest BCUT2D eigenvalue weighted by Gasteiger charge is 2.36. The highest BCUT2D eigenvalue weighted by Crippen LogP contribution is 2.43. The standard InChI is InChI=1S/C24H30N6OS/c1-16-21(19-7-5-6-10-24(19,2)31-4)22-20(32-16)14-25-23(28-22)27-17-13-26-30(15-17)18-8-11-29(3)12-9-18/h5-7,10,13-15,18-19H,8-9,11-12H2,1-4H3,(H,25,27,28). The number of nitrogens with one attached hydrogen (secondary N) is 1. The lowest BCUT2D eigenvalue weighted by Gasteiger charge is -2.34. The van der Waals surface area contributed by atoms with Crippen molar-refractivity contribution in [3.05, 3.63) is 53.3 Å². The monoisotopic (exact) mass is 450 g/mol. The van der Waals surface area contributed by atoms with Gasteiger partial charge in [0, 0.05) is 29.7 Å². The summed E-state index contributed by atoms with van der Waals surface area (Å²) >= 11 is 1.73. The maximum absolute atomic E-state index is 5.91. The van der Waals surface area contributed by atoms with E-state index >= 15 is 0 Å². The molecule has 2 atom stereocenters. The van der Waals surface area contributed by atoms with Crippen molar-refractivity contribution in [1.29, 1.82) is 0 Å². The van der Waals surface area contributed by atoms with E-state index in [-0.39, 0.29) is 5.92 Å². The molecule has 0 radical (unpaired) electrons. The minimum Gasteiger partial charge on any atom is -0.373 e. The minimum absolute atomic E-state index is 0.0983. The van der Waals surface area contributed by atoms with Crippen LogP contribution >= 0.6 is 11.3 Å². The van der Waals surface area contributed by atoms with E-state index in [9.17, 15) is 0 Å². The second-order valence-corrected chi connectivity index (χ2v) is 10.2. The van der Waals surface area contributed by atoms with Crippen LogP contribution in [0.15, 0.2) is 42.9 Å². The average Bonchev–Trinajstić information content (AvgIpc) is 3.38. The van der Waals surface area contributed by atoms with Crippen molar-refractivity contribution in [2.45, 2.75) is 44.2 Å². The van der Waals surface area contributed by atoms with Crippen LogP contribution in [0.1, 0.15) is 42.2 Å². The van der Waals surface area contributed by atoms with Gasteiger partial charge in [0.15, 0.2) is 0 Å². The molecule has 3 aromatic heterocycles. The predicted octanol–water partition coefficient (Wildman–Crippen LogP) is 4.82. The molecule has 3 aromatic rings. The number of aryl methyl sites for hydroxylation is 1. The smallest absolute Gasteiger partial charge is 0.227 e. The zero-order chi connectivity index (χ0) is 22.3. The Bertz CT molecular complexity index is 1170. The van der Waals surface area contributed by atoms with Gasteiger partial charge in [-0.15, -0.1) is 11.3 Å². The fraction of sp³-hybridized carbons (Fsp3) is 0.458. The topological polar surface area (TPSA) is 68.1 Å². The van der Waals surface area contributed by atoms with Gasteiger partial charge in [-0.3, -0.25) is 4.68 Å². The number of aromatic nitrogens is 4. The number of hydrogen-bond donors (Lipinski definition) is 1. The lowest BCUT2D eigenvalue weighted by atomic mass is 9.80. The predicted molar refractivity (Wildman–Crippen MR) is 130 cm³/mol. The maximum Gasteiger partial charge on any atom is 0.227 e. The van der Waals surface area contributed by atoms with Crippen molar-refractivity contribution in [3.63, 3.8) is 0 Å². The average molecular weight is 451 g/mol. The summed E-state index contributed by atoms with van der Waals surface area (Å²) in [4.78, 5) is 13.1. The van der Waals surface area contributed by atoms with Gasteiger partial charge in [0.05, 0.1) is 39.9 Å². The van der Waals surface area contributed by atoms with Gasteiger partial charge in [-0.2, -0.15) is 5.10 Å². The largest absolute Gasteiger partial charge is 0.373 e. The molecule has 168 valence electrons. The van der Waals surface area contributed by atoms with Crippen LogP contribution < -0.4 is 5.32 Å². The zero-order valence-electron chi connectivity index (χ0n) is 19.1. The van der Waals surface area contributed by atoms with Crippen LogP contribution in [0.4, 0.5) is 11.6 Å². The molecule has 1 aliphatic heterocycles. The van der Waals surface area contributed by atoms with Crippen molar-refractivity contribution < 1.29 is 4.74 Å². The highest BCUT2D eigenvalue weighted by atomic mass is 32.1. The summed E-state index contributed by atoms with van der Waals surface area (Å²) in [5.74, 6) is 0.690. The number of allylic oxidation sites excluding steroid dienone is 2. The molecule has 4 heterocycles. The molecule has 7 nitrogen and oxygen atoms in total. The quantitative estimate of drug-likeness (QED) is 0.601.